The van der Waals surface area contributed by atoms with Gasteiger partial charge in [-0.25, -0.2) is 0 Å². The van der Waals surface area contributed by atoms with E-state index < -0.39 is 4.97 Å². The highest BCUT2D eigenvalue weighted by molar-refractivity contribution is 8.36. The number of rotatable bonds is 3. The van der Waals surface area contributed by atoms with Crippen molar-refractivity contribution in [3.8, 4) is 0 Å². The summed E-state index contributed by atoms with van der Waals surface area (Å²) in [5.41, 5.74) is 1.14. The number of hydrogen-bond donors (Lipinski definition) is 0. The summed E-state index contributed by atoms with van der Waals surface area (Å²) in [6.45, 7) is 8.25. The van der Waals surface area contributed by atoms with Crippen molar-refractivity contribution in [2.45, 2.75) is 39.2 Å². The zero-order valence-corrected chi connectivity index (χ0v) is 12.3. The first-order chi connectivity index (χ1) is 6.79. The summed E-state index contributed by atoms with van der Waals surface area (Å²) in [5, 5.41) is 0. The van der Waals surface area contributed by atoms with Gasteiger partial charge in [-0.2, -0.15) is 0 Å². The molecule has 1 aliphatic carbocycles. The average Bonchev–Trinajstić information content (AvgIpc) is 1.99. The Morgan fingerprint density at radius 2 is 2.07 bits per heavy atom. The highest BCUT2D eigenvalue weighted by Crippen LogP contribution is 2.60. The highest BCUT2D eigenvalue weighted by Gasteiger charge is 2.32. The normalized spacial score (nSPS) is 32.7. The standard InChI is InChI=1S/C10H17Cl2OPS/c1-7(2)9-5-4-8(3)6-10(9)13-14(11,12)15/h8-10H,1,4-6H2,2-3H3. The van der Waals surface area contributed by atoms with E-state index in [9.17, 15) is 0 Å². The molecule has 0 aromatic carbocycles. The maximum atomic E-state index is 5.82. The van der Waals surface area contributed by atoms with Gasteiger partial charge < -0.3 is 4.52 Å². The van der Waals surface area contributed by atoms with E-state index in [1.807, 2.05) is 6.92 Å². The second-order valence-corrected chi connectivity index (χ2v) is 11.6. The highest BCUT2D eigenvalue weighted by atomic mass is 35.9. The molecule has 0 aliphatic heterocycles. The van der Waals surface area contributed by atoms with Gasteiger partial charge in [-0.1, -0.05) is 19.1 Å². The Hall–Kier alpha value is 0.930. The Balaban J connectivity index is 2.70. The fourth-order valence-electron chi connectivity index (χ4n) is 2.17. The van der Waals surface area contributed by atoms with E-state index in [1.165, 1.54) is 6.42 Å². The molecular formula is C10H17Cl2OPS. The van der Waals surface area contributed by atoms with E-state index in [-0.39, 0.29) is 6.10 Å². The number of halogens is 2. The van der Waals surface area contributed by atoms with Crippen molar-refractivity contribution in [2.24, 2.45) is 11.8 Å². The molecule has 1 fully saturated rings. The van der Waals surface area contributed by atoms with Gasteiger partial charge in [0.15, 0.2) is 0 Å². The third-order valence-electron chi connectivity index (χ3n) is 2.95. The Morgan fingerprint density at radius 1 is 1.47 bits per heavy atom. The lowest BCUT2D eigenvalue weighted by molar-refractivity contribution is 0.104. The van der Waals surface area contributed by atoms with Crippen LogP contribution in [0.2, 0.25) is 0 Å². The molecule has 1 nitrogen and oxygen atoms in total. The summed E-state index contributed by atoms with van der Waals surface area (Å²) in [7, 11) is 0. The molecular weight excluding hydrogens is 270 g/mol. The molecule has 0 heterocycles. The minimum atomic E-state index is -2.60. The summed E-state index contributed by atoms with van der Waals surface area (Å²) in [6.07, 6.45) is 3.36. The van der Waals surface area contributed by atoms with Crippen LogP contribution in [-0.4, -0.2) is 6.10 Å². The Morgan fingerprint density at radius 3 is 2.53 bits per heavy atom. The van der Waals surface area contributed by atoms with Gasteiger partial charge in [-0.15, -0.1) is 0 Å². The molecule has 0 amide bonds. The lowest BCUT2D eigenvalue weighted by Crippen LogP contribution is -2.30. The van der Waals surface area contributed by atoms with Crippen LogP contribution in [0.4, 0.5) is 0 Å². The molecule has 88 valence electrons. The van der Waals surface area contributed by atoms with E-state index in [1.54, 1.807) is 0 Å². The van der Waals surface area contributed by atoms with Gasteiger partial charge in [0.1, 0.15) is 0 Å². The first-order valence-electron chi connectivity index (χ1n) is 5.12. The van der Waals surface area contributed by atoms with Crippen LogP contribution in [0.25, 0.3) is 0 Å². The van der Waals surface area contributed by atoms with Crippen molar-refractivity contribution in [2.75, 3.05) is 0 Å². The van der Waals surface area contributed by atoms with Crippen LogP contribution in [-0.2, 0) is 16.3 Å². The Labute approximate surface area is 107 Å². The van der Waals surface area contributed by atoms with Gasteiger partial charge in [-0.05, 0) is 66.4 Å². The van der Waals surface area contributed by atoms with Crippen LogP contribution >= 0.6 is 27.5 Å². The molecule has 0 radical (unpaired) electrons. The predicted molar refractivity (Wildman–Crippen MR) is 72.2 cm³/mol. The molecule has 0 N–H and O–H groups in total. The first-order valence-corrected chi connectivity index (χ1v) is 9.66. The first kappa shape index (κ1) is 14.0. The fraction of sp³-hybridized carbons (Fsp3) is 0.800. The van der Waals surface area contributed by atoms with Crippen LogP contribution < -0.4 is 0 Å². The van der Waals surface area contributed by atoms with Gasteiger partial charge in [-0.3, -0.25) is 0 Å². The molecule has 5 heteroatoms. The van der Waals surface area contributed by atoms with E-state index in [2.05, 4.69) is 13.5 Å². The topological polar surface area (TPSA) is 9.23 Å². The summed E-state index contributed by atoms with van der Waals surface area (Å²) < 4.78 is 5.62. The van der Waals surface area contributed by atoms with Crippen molar-refractivity contribution < 1.29 is 4.52 Å². The molecule has 0 bridgehead atoms. The molecule has 0 aromatic rings. The molecule has 15 heavy (non-hydrogen) atoms. The maximum Gasteiger partial charge on any atom is 0.240 e. The Bertz CT molecular complexity index is 289. The van der Waals surface area contributed by atoms with Gasteiger partial charge in [0, 0.05) is 5.92 Å². The minimum absolute atomic E-state index is 0.0621. The van der Waals surface area contributed by atoms with Crippen LogP contribution in [0.1, 0.15) is 33.1 Å². The third kappa shape index (κ3) is 4.75. The van der Waals surface area contributed by atoms with Gasteiger partial charge in [0.2, 0.25) is 4.97 Å². The van der Waals surface area contributed by atoms with Crippen LogP contribution in [0.15, 0.2) is 12.2 Å². The van der Waals surface area contributed by atoms with E-state index in [4.69, 9.17) is 38.8 Å². The monoisotopic (exact) mass is 286 g/mol. The van der Waals surface area contributed by atoms with E-state index in [0.717, 1.165) is 18.4 Å². The molecule has 1 aliphatic rings. The SMILES string of the molecule is C=C(C)C1CCC(C)CC1OP(=S)(Cl)Cl. The summed E-state index contributed by atoms with van der Waals surface area (Å²) in [4.78, 5) is -2.60. The quantitative estimate of drug-likeness (QED) is 0.528. The molecule has 0 saturated heterocycles. The average molecular weight is 287 g/mol. The molecule has 0 aromatic heterocycles. The lowest BCUT2D eigenvalue weighted by Gasteiger charge is -2.35. The van der Waals surface area contributed by atoms with Crippen molar-refractivity contribution in [3.63, 3.8) is 0 Å². The second-order valence-electron chi connectivity index (χ2n) is 4.43. The van der Waals surface area contributed by atoms with Crippen molar-refractivity contribution in [1.29, 1.82) is 0 Å². The molecule has 1 saturated carbocycles. The molecule has 0 spiro atoms. The van der Waals surface area contributed by atoms with E-state index >= 15 is 0 Å². The van der Waals surface area contributed by atoms with Gasteiger partial charge in [0.05, 0.1) is 6.10 Å². The second kappa shape index (κ2) is 5.51. The van der Waals surface area contributed by atoms with Crippen molar-refractivity contribution in [1.82, 2.24) is 0 Å². The maximum absolute atomic E-state index is 5.82. The smallest absolute Gasteiger partial charge is 0.240 e. The zero-order chi connectivity index (χ0) is 11.6. The Kier molecular flexibility index (Phi) is 5.14. The summed E-state index contributed by atoms with van der Waals surface area (Å²) in [5.74, 6) is 1.02. The summed E-state index contributed by atoms with van der Waals surface area (Å²) >= 11 is 16.6. The van der Waals surface area contributed by atoms with Crippen molar-refractivity contribution in [3.05, 3.63) is 12.2 Å². The zero-order valence-electron chi connectivity index (χ0n) is 9.08. The molecule has 1 rings (SSSR count). The van der Waals surface area contributed by atoms with Gasteiger partial charge >= 0.3 is 0 Å². The molecule has 3 unspecified atom stereocenters. The largest absolute Gasteiger partial charge is 0.323 e. The predicted octanol–water partition coefficient (Wildman–Crippen LogP) is 5.09. The lowest BCUT2D eigenvalue weighted by atomic mass is 9.78. The summed E-state index contributed by atoms with van der Waals surface area (Å²) in [6, 6.07) is 0. The fourth-order valence-corrected chi connectivity index (χ4v) is 3.66. The van der Waals surface area contributed by atoms with Crippen LogP contribution in [0, 0.1) is 11.8 Å². The van der Waals surface area contributed by atoms with Gasteiger partial charge in [0.25, 0.3) is 0 Å². The van der Waals surface area contributed by atoms with Crippen LogP contribution in [0.3, 0.4) is 0 Å². The minimum Gasteiger partial charge on any atom is -0.323 e. The van der Waals surface area contributed by atoms with Crippen LogP contribution in [0.5, 0.6) is 0 Å². The molecule has 3 atom stereocenters. The van der Waals surface area contributed by atoms with Crippen molar-refractivity contribution >= 4 is 39.3 Å². The number of hydrogen-bond acceptors (Lipinski definition) is 2. The van der Waals surface area contributed by atoms with E-state index in [0.29, 0.717) is 11.8 Å². The third-order valence-corrected chi connectivity index (χ3v) is 4.20.